The molecule has 5 N–H and O–H groups in total. The number of nitrogens with zero attached hydrogens (tertiary/aromatic N) is 4. The number of aryl methyl sites for hydroxylation is 1. The zero-order valence-electron chi connectivity index (χ0n) is 18.7. The molecule has 0 aliphatic carbocycles. The highest BCUT2D eigenvalue weighted by Crippen LogP contribution is 2.34. The summed E-state index contributed by atoms with van der Waals surface area (Å²) >= 11 is 0. The lowest BCUT2D eigenvalue weighted by Gasteiger charge is -2.10. The van der Waals surface area contributed by atoms with E-state index in [-0.39, 0.29) is 40.9 Å². The number of anilines is 1. The molecule has 3 rings (SSSR count). The predicted octanol–water partition coefficient (Wildman–Crippen LogP) is 4.27. The quantitative estimate of drug-likeness (QED) is 0.174. The van der Waals surface area contributed by atoms with Gasteiger partial charge in [-0.25, -0.2) is 0 Å². The Kier molecular flexibility index (Phi) is 8.11. The van der Waals surface area contributed by atoms with Crippen LogP contribution in [-0.4, -0.2) is 44.3 Å². The highest BCUT2D eigenvalue weighted by atomic mass is 32.2. The summed E-state index contributed by atoms with van der Waals surface area (Å²) in [5.41, 5.74) is 7.22. The molecule has 0 unspecified atom stereocenters. The molecule has 3 aromatic rings. The van der Waals surface area contributed by atoms with E-state index in [1.54, 1.807) is 13.0 Å². The third-order valence-corrected chi connectivity index (χ3v) is 6.33. The maximum absolute atomic E-state index is 11.9. The van der Waals surface area contributed by atoms with Gasteiger partial charge < -0.3 is 15.6 Å². The zero-order valence-corrected chi connectivity index (χ0v) is 20.3. The van der Waals surface area contributed by atoms with Gasteiger partial charge in [-0.2, -0.15) is 32.2 Å². The first-order valence-electron chi connectivity index (χ1n) is 10.0. The van der Waals surface area contributed by atoms with E-state index in [1.165, 1.54) is 30.3 Å². The summed E-state index contributed by atoms with van der Waals surface area (Å²) in [4.78, 5) is -0.900. The Morgan fingerprint density at radius 3 is 2.03 bits per heavy atom. The van der Waals surface area contributed by atoms with E-state index in [0.29, 0.717) is 16.9 Å². The van der Waals surface area contributed by atoms with Crippen LogP contribution in [0.1, 0.15) is 5.56 Å². The van der Waals surface area contributed by atoms with Crippen LogP contribution in [0.15, 0.2) is 84.8 Å². The number of rotatable bonds is 9. The monoisotopic (exact) mass is 535 g/mol. The molecule has 13 nitrogen and oxygen atoms in total. The molecule has 36 heavy (non-hydrogen) atoms. The minimum atomic E-state index is -4.72. The number of nitrogens with two attached hydrogens (primary N) is 1. The van der Waals surface area contributed by atoms with Gasteiger partial charge in [0, 0.05) is 6.07 Å². The minimum absolute atomic E-state index is 0.0114. The van der Waals surface area contributed by atoms with Crippen LogP contribution in [0.2, 0.25) is 0 Å². The Morgan fingerprint density at radius 1 is 0.806 bits per heavy atom. The SMILES string of the molecule is Cc1cc(N)c(OCCO)cc1N=Nc1ccc(N=Nc2ccc(S(=O)(=O)O)cc2)cc1S(=O)(=O)O. The summed E-state index contributed by atoms with van der Waals surface area (Å²) in [7, 11) is -9.08. The summed E-state index contributed by atoms with van der Waals surface area (Å²) in [5.74, 6) is 0.263. The average Bonchev–Trinajstić information content (AvgIpc) is 2.81. The summed E-state index contributed by atoms with van der Waals surface area (Å²) in [6, 6.07) is 11.5. The van der Waals surface area contributed by atoms with Gasteiger partial charge in [-0.15, -0.1) is 5.11 Å². The van der Waals surface area contributed by atoms with Gasteiger partial charge in [0.2, 0.25) is 0 Å². The Morgan fingerprint density at radius 2 is 1.42 bits per heavy atom. The standard InChI is InChI=1S/C21H21N5O8S2/c1-13-10-17(22)20(34-9-8-27)12-19(13)26-25-18-7-4-15(11-21(18)36(31,32)33)24-23-14-2-5-16(6-3-14)35(28,29)30/h2-7,10-12,27H,8-9,22H2,1H3,(H,28,29,30)(H,31,32,33). The average molecular weight is 536 g/mol. The van der Waals surface area contributed by atoms with Crippen molar-refractivity contribution in [1.82, 2.24) is 0 Å². The van der Waals surface area contributed by atoms with Crippen molar-refractivity contribution < 1.29 is 35.8 Å². The molecule has 0 aliphatic rings. The summed E-state index contributed by atoms with van der Waals surface area (Å²) < 4.78 is 70.1. The van der Waals surface area contributed by atoms with Crippen molar-refractivity contribution >= 4 is 48.7 Å². The van der Waals surface area contributed by atoms with Crippen LogP contribution >= 0.6 is 0 Å². The molecular weight excluding hydrogens is 514 g/mol. The third kappa shape index (κ3) is 6.89. The molecule has 0 atom stereocenters. The molecule has 0 amide bonds. The molecule has 0 heterocycles. The van der Waals surface area contributed by atoms with Crippen molar-refractivity contribution in [1.29, 1.82) is 0 Å². The number of hydrogen-bond acceptors (Lipinski definition) is 11. The van der Waals surface area contributed by atoms with E-state index in [4.69, 9.17) is 20.1 Å². The highest BCUT2D eigenvalue weighted by Gasteiger charge is 2.17. The van der Waals surface area contributed by atoms with Crippen molar-refractivity contribution in [2.75, 3.05) is 18.9 Å². The number of aliphatic hydroxyl groups is 1. The van der Waals surface area contributed by atoms with Gasteiger partial charge in [-0.3, -0.25) is 9.11 Å². The molecule has 0 saturated heterocycles. The Labute approximate surface area is 206 Å². The molecule has 15 heteroatoms. The van der Waals surface area contributed by atoms with Gasteiger partial charge in [0.1, 0.15) is 22.9 Å². The molecule has 0 bridgehead atoms. The fourth-order valence-corrected chi connectivity index (χ4v) is 3.97. The summed E-state index contributed by atoms with van der Waals surface area (Å²) in [6.45, 7) is 1.50. The number of benzene rings is 3. The van der Waals surface area contributed by atoms with E-state index in [1.807, 2.05) is 0 Å². The maximum atomic E-state index is 11.9. The van der Waals surface area contributed by atoms with Crippen LogP contribution in [0.3, 0.4) is 0 Å². The number of ether oxygens (including phenoxy) is 1. The van der Waals surface area contributed by atoms with Gasteiger partial charge in [0.05, 0.1) is 34.3 Å². The van der Waals surface area contributed by atoms with Gasteiger partial charge in [-0.1, -0.05) is 0 Å². The molecule has 0 aromatic heterocycles. The van der Waals surface area contributed by atoms with E-state index >= 15 is 0 Å². The molecule has 0 saturated carbocycles. The lowest BCUT2D eigenvalue weighted by molar-refractivity contribution is 0.202. The number of aliphatic hydroxyl groups excluding tert-OH is 1. The molecule has 190 valence electrons. The lowest BCUT2D eigenvalue weighted by atomic mass is 10.1. The normalized spacial score (nSPS) is 12.4. The maximum Gasteiger partial charge on any atom is 0.296 e. The molecule has 0 fully saturated rings. The fourth-order valence-electron chi connectivity index (χ4n) is 2.85. The van der Waals surface area contributed by atoms with Crippen molar-refractivity contribution in [3.63, 3.8) is 0 Å². The summed E-state index contributed by atoms with van der Waals surface area (Å²) in [6.07, 6.45) is 0. The minimum Gasteiger partial charge on any atom is -0.489 e. The van der Waals surface area contributed by atoms with Crippen LogP contribution in [0.5, 0.6) is 5.75 Å². The van der Waals surface area contributed by atoms with Crippen LogP contribution in [0.25, 0.3) is 0 Å². The van der Waals surface area contributed by atoms with Crippen molar-refractivity contribution in [2.45, 2.75) is 16.7 Å². The molecule has 0 aliphatic heterocycles. The van der Waals surface area contributed by atoms with Crippen molar-refractivity contribution in [3.05, 3.63) is 60.2 Å². The van der Waals surface area contributed by atoms with Gasteiger partial charge in [0.25, 0.3) is 20.2 Å². The number of nitrogen functional groups attached to an aromatic ring is 1. The van der Waals surface area contributed by atoms with Gasteiger partial charge in [-0.05, 0) is 61.0 Å². The fraction of sp³-hybridized carbons (Fsp3) is 0.143. The van der Waals surface area contributed by atoms with E-state index in [2.05, 4.69) is 20.5 Å². The first kappa shape index (κ1) is 26.8. The molecular formula is C21H21N5O8S2. The summed E-state index contributed by atoms with van der Waals surface area (Å²) in [5, 5.41) is 24.7. The Bertz CT molecular complexity index is 1540. The van der Waals surface area contributed by atoms with Crippen LogP contribution in [0, 0.1) is 6.92 Å². The molecule has 0 spiro atoms. The lowest BCUT2D eigenvalue weighted by Crippen LogP contribution is -2.04. The Hall–Kier alpha value is -3.76. The zero-order chi connectivity index (χ0) is 26.5. The van der Waals surface area contributed by atoms with Crippen LogP contribution < -0.4 is 10.5 Å². The molecule has 0 radical (unpaired) electrons. The first-order chi connectivity index (χ1) is 16.9. The topological polar surface area (TPSA) is 214 Å². The number of azo groups is 2. The molecule has 3 aromatic carbocycles. The van der Waals surface area contributed by atoms with Crippen molar-refractivity contribution in [2.24, 2.45) is 20.5 Å². The highest BCUT2D eigenvalue weighted by molar-refractivity contribution is 7.86. The second-order valence-corrected chi connectivity index (χ2v) is 10.1. The van der Waals surface area contributed by atoms with Crippen molar-refractivity contribution in [3.8, 4) is 5.75 Å². The van der Waals surface area contributed by atoms with Crippen LogP contribution in [0.4, 0.5) is 28.4 Å². The predicted molar refractivity (Wildman–Crippen MR) is 129 cm³/mol. The van der Waals surface area contributed by atoms with E-state index in [9.17, 15) is 21.4 Å². The smallest absolute Gasteiger partial charge is 0.296 e. The number of hydrogen-bond donors (Lipinski definition) is 4. The second kappa shape index (κ2) is 10.9. The largest absolute Gasteiger partial charge is 0.489 e. The van der Waals surface area contributed by atoms with Crippen LogP contribution in [-0.2, 0) is 20.2 Å². The second-order valence-electron chi connectivity index (χ2n) is 7.24. The van der Waals surface area contributed by atoms with Gasteiger partial charge >= 0.3 is 0 Å². The Balaban J connectivity index is 1.91. The van der Waals surface area contributed by atoms with E-state index < -0.39 is 25.1 Å². The van der Waals surface area contributed by atoms with E-state index in [0.717, 1.165) is 18.2 Å². The van der Waals surface area contributed by atoms with Gasteiger partial charge in [0.15, 0.2) is 0 Å². The first-order valence-corrected chi connectivity index (χ1v) is 12.9. The third-order valence-electron chi connectivity index (χ3n) is 4.58.